The Balaban J connectivity index is 1.83. The molecule has 1 heterocycles. The minimum absolute atomic E-state index is 0.0330. The number of fused-ring (bicyclic) bond motifs is 2. The second-order valence-corrected chi connectivity index (χ2v) is 8.62. The fourth-order valence-corrected chi connectivity index (χ4v) is 5.31. The number of amides is 1. The summed E-state index contributed by atoms with van der Waals surface area (Å²) >= 11 is 0. The normalized spacial score (nSPS) is 16.0. The van der Waals surface area contributed by atoms with Gasteiger partial charge in [-0.05, 0) is 70.8 Å². The molecule has 1 aliphatic heterocycles. The molecule has 8 nitrogen and oxygen atoms in total. The van der Waals surface area contributed by atoms with E-state index in [9.17, 15) is 24.9 Å². The number of nitrogens with zero attached hydrogens (tertiary/aromatic N) is 1. The number of aliphatic hydroxyl groups excluding tert-OH is 3. The summed E-state index contributed by atoms with van der Waals surface area (Å²) in [5, 5.41) is 30.2. The van der Waals surface area contributed by atoms with Crippen molar-refractivity contribution >= 4 is 11.9 Å². The van der Waals surface area contributed by atoms with Crippen molar-refractivity contribution < 1.29 is 34.4 Å². The molecule has 182 valence electrons. The lowest BCUT2D eigenvalue weighted by atomic mass is 9.73. The van der Waals surface area contributed by atoms with Crippen LogP contribution in [0.2, 0.25) is 0 Å². The minimum Gasteiger partial charge on any atom is -0.496 e. The van der Waals surface area contributed by atoms with Gasteiger partial charge in [0.2, 0.25) is 5.91 Å². The number of rotatable bonds is 8. The molecule has 0 radical (unpaired) electrons. The summed E-state index contributed by atoms with van der Waals surface area (Å²) in [6, 6.07) is 5.43. The highest BCUT2D eigenvalue weighted by molar-refractivity contribution is 5.85. The average Bonchev–Trinajstić information content (AvgIpc) is 2.86. The van der Waals surface area contributed by atoms with E-state index in [2.05, 4.69) is 0 Å². The topological polar surface area (TPSA) is 117 Å². The van der Waals surface area contributed by atoms with Crippen molar-refractivity contribution in [1.29, 1.82) is 0 Å². The fourth-order valence-electron chi connectivity index (χ4n) is 5.31. The molecule has 0 saturated heterocycles. The molecule has 0 fully saturated rings. The first-order chi connectivity index (χ1) is 16.5. The smallest absolute Gasteiger partial charge is 0.306 e. The maximum absolute atomic E-state index is 13.2. The van der Waals surface area contributed by atoms with Crippen LogP contribution in [0.4, 0.5) is 0 Å². The molecule has 4 rings (SSSR count). The number of methoxy groups -OCH3 is 1. The van der Waals surface area contributed by atoms with Crippen molar-refractivity contribution in [3.63, 3.8) is 0 Å². The number of aliphatic hydroxyl groups is 3. The van der Waals surface area contributed by atoms with E-state index in [0.29, 0.717) is 41.8 Å². The van der Waals surface area contributed by atoms with Crippen LogP contribution in [0.15, 0.2) is 18.2 Å². The van der Waals surface area contributed by atoms with E-state index >= 15 is 0 Å². The molecular formula is C26H31NO7. The molecule has 34 heavy (non-hydrogen) atoms. The van der Waals surface area contributed by atoms with E-state index in [-0.39, 0.29) is 57.2 Å². The molecule has 0 bridgehead atoms. The van der Waals surface area contributed by atoms with Crippen LogP contribution >= 0.6 is 0 Å². The van der Waals surface area contributed by atoms with Gasteiger partial charge in [-0.2, -0.15) is 0 Å². The predicted molar refractivity (Wildman–Crippen MR) is 124 cm³/mol. The van der Waals surface area contributed by atoms with Gasteiger partial charge in [-0.25, -0.2) is 0 Å². The first-order valence-electron chi connectivity index (χ1n) is 11.6. The number of ether oxygens (including phenoxy) is 2. The molecule has 0 unspecified atom stereocenters. The van der Waals surface area contributed by atoms with Crippen LogP contribution in [-0.2, 0) is 47.0 Å². The Bertz CT molecular complexity index is 1110. The standard InChI is InChI=1S/C26H31NO7/c1-3-34-24(32)5-4-23(31)27-7-6-15-8-17(12-28)20(14-30)26-19-9-18(13-29)22(33-2)11-16(19)10-21(27)25(15)26/h8-9,11,21,28-30H,3-7,10,12-14H2,1-2H3/t21-/m0/s1. The Kier molecular flexibility index (Phi) is 7.21. The van der Waals surface area contributed by atoms with E-state index in [1.165, 1.54) is 0 Å². The molecule has 0 saturated carbocycles. The summed E-state index contributed by atoms with van der Waals surface area (Å²) in [6.07, 6.45) is 1.26. The Morgan fingerprint density at radius 2 is 1.79 bits per heavy atom. The molecule has 1 amide bonds. The summed E-state index contributed by atoms with van der Waals surface area (Å²) < 4.78 is 10.5. The third kappa shape index (κ3) is 4.17. The van der Waals surface area contributed by atoms with Gasteiger partial charge < -0.3 is 29.7 Å². The molecule has 0 aromatic heterocycles. The van der Waals surface area contributed by atoms with Crippen LogP contribution < -0.4 is 4.74 Å². The highest BCUT2D eigenvalue weighted by Crippen LogP contribution is 2.49. The predicted octanol–water partition coefficient (Wildman–Crippen LogP) is 2.16. The zero-order chi connectivity index (χ0) is 24.4. The van der Waals surface area contributed by atoms with Crippen molar-refractivity contribution in [1.82, 2.24) is 4.90 Å². The van der Waals surface area contributed by atoms with E-state index in [4.69, 9.17) is 9.47 Å². The van der Waals surface area contributed by atoms with Crippen LogP contribution in [0.25, 0.3) is 11.1 Å². The number of carbonyl (C=O) groups excluding carboxylic acids is 2. The molecule has 8 heteroatoms. The zero-order valence-electron chi connectivity index (χ0n) is 19.6. The molecule has 0 spiro atoms. The summed E-state index contributed by atoms with van der Waals surface area (Å²) in [4.78, 5) is 26.8. The molecule has 1 aliphatic carbocycles. The summed E-state index contributed by atoms with van der Waals surface area (Å²) in [5.41, 5.74) is 6.56. The number of hydrogen-bond acceptors (Lipinski definition) is 7. The van der Waals surface area contributed by atoms with Crippen molar-refractivity contribution in [2.45, 2.75) is 58.5 Å². The van der Waals surface area contributed by atoms with Gasteiger partial charge in [-0.15, -0.1) is 0 Å². The largest absolute Gasteiger partial charge is 0.496 e. The monoisotopic (exact) mass is 469 g/mol. The van der Waals surface area contributed by atoms with Crippen molar-refractivity contribution in [2.24, 2.45) is 0 Å². The van der Waals surface area contributed by atoms with Gasteiger partial charge in [0.1, 0.15) is 5.75 Å². The van der Waals surface area contributed by atoms with Crippen LogP contribution in [0.1, 0.15) is 59.2 Å². The Morgan fingerprint density at radius 1 is 1.03 bits per heavy atom. The van der Waals surface area contributed by atoms with Crippen LogP contribution in [0, 0.1) is 0 Å². The number of benzene rings is 2. The van der Waals surface area contributed by atoms with Crippen LogP contribution in [-0.4, -0.2) is 52.4 Å². The van der Waals surface area contributed by atoms with E-state index < -0.39 is 0 Å². The lowest BCUT2D eigenvalue weighted by Gasteiger charge is -2.43. The number of esters is 1. The summed E-state index contributed by atoms with van der Waals surface area (Å²) in [7, 11) is 1.55. The third-order valence-electron chi connectivity index (χ3n) is 6.84. The second-order valence-electron chi connectivity index (χ2n) is 8.62. The highest BCUT2D eigenvalue weighted by atomic mass is 16.5. The second kappa shape index (κ2) is 10.1. The van der Waals surface area contributed by atoms with Crippen molar-refractivity contribution in [3.8, 4) is 16.9 Å². The lowest BCUT2D eigenvalue weighted by Crippen LogP contribution is -2.42. The average molecular weight is 470 g/mol. The molecule has 2 aliphatic rings. The van der Waals surface area contributed by atoms with E-state index in [0.717, 1.165) is 27.8 Å². The van der Waals surface area contributed by atoms with Gasteiger partial charge >= 0.3 is 5.97 Å². The van der Waals surface area contributed by atoms with Gasteiger partial charge in [0.15, 0.2) is 0 Å². The van der Waals surface area contributed by atoms with Crippen molar-refractivity contribution in [3.05, 3.63) is 51.6 Å². The number of carbonyl (C=O) groups is 2. The summed E-state index contributed by atoms with van der Waals surface area (Å²) in [6.45, 7) is 1.85. The fraction of sp³-hybridized carbons (Fsp3) is 0.462. The first-order valence-corrected chi connectivity index (χ1v) is 11.6. The van der Waals surface area contributed by atoms with Crippen molar-refractivity contribution in [2.75, 3.05) is 20.3 Å². The maximum Gasteiger partial charge on any atom is 0.306 e. The SMILES string of the molecule is CCOC(=O)CCC(=O)N1CCc2cc(CO)c(CO)c3c2[C@@H]1Cc1cc(OC)c(CO)cc1-3. The van der Waals surface area contributed by atoms with Gasteiger partial charge in [0, 0.05) is 18.5 Å². The molecule has 3 N–H and O–H groups in total. The minimum atomic E-state index is -0.389. The Labute approximate surface area is 198 Å². The molecule has 2 aromatic carbocycles. The number of hydrogen-bond donors (Lipinski definition) is 3. The van der Waals surface area contributed by atoms with E-state index in [1.807, 2.05) is 23.1 Å². The van der Waals surface area contributed by atoms with Crippen LogP contribution in [0.3, 0.4) is 0 Å². The maximum atomic E-state index is 13.2. The molecule has 2 aromatic rings. The van der Waals surface area contributed by atoms with Crippen LogP contribution in [0.5, 0.6) is 5.75 Å². The Hall–Kier alpha value is -2.94. The van der Waals surface area contributed by atoms with Gasteiger partial charge in [0.25, 0.3) is 0 Å². The highest BCUT2D eigenvalue weighted by Gasteiger charge is 2.38. The zero-order valence-corrected chi connectivity index (χ0v) is 19.6. The quantitative estimate of drug-likeness (QED) is 0.507. The Morgan fingerprint density at radius 3 is 2.44 bits per heavy atom. The van der Waals surface area contributed by atoms with Gasteiger partial charge in [-0.3, -0.25) is 9.59 Å². The molecular weight excluding hydrogens is 438 g/mol. The van der Waals surface area contributed by atoms with E-state index in [1.54, 1.807) is 14.0 Å². The molecule has 1 atom stereocenters. The summed E-state index contributed by atoms with van der Waals surface area (Å²) in [5.74, 6) is 0.0537. The van der Waals surface area contributed by atoms with Gasteiger partial charge in [-0.1, -0.05) is 6.07 Å². The third-order valence-corrected chi connectivity index (χ3v) is 6.84. The van der Waals surface area contributed by atoms with Gasteiger partial charge in [0.05, 0.1) is 46.0 Å². The first kappa shape index (κ1) is 24.2. The lowest BCUT2D eigenvalue weighted by molar-refractivity contribution is -0.146.